The lowest BCUT2D eigenvalue weighted by Crippen LogP contribution is -2.28. The summed E-state index contributed by atoms with van der Waals surface area (Å²) in [5.74, 6) is 1.20. The van der Waals surface area contributed by atoms with Gasteiger partial charge in [0, 0.05) is 5.75 Å². The van der Waals surface area contributed by atoms with Gasteiger partial charge in [-0.1, -0.05) is 39.5 Å². The molecule has 0 aromatic rings. The molecule has 0 aromatic heterocycles. The highest BCUT2D eigenvalue weighted by atomic mass is 32.2. The Bertz CT molecular complexity index is 350. The van der Waals surface area contributed by atoms with Crippen molar-refractivity contribution >= 4 is 9.84 Å². The molecule has 0 radical (unpaired) electrons. The maximum absolute atomic E-state index is 11.5. The van der Waals surface area contributed by atoms with Crippen molar-refractivity contribution in [1.82, 2.24) is 0 Å². The van der Waals surface area contributed by atoms with E-state index in [0.29, 0.717) is 12.8 Å². The van der Waals surface area contributed by atoms with Gasteiger partial charge in [-0.05, 0) is 38.0 Å². The standard InChI is InChI=1S/C15H30O3S/c1-3-7-14-8-5-10-15(16,12-9-14)11-6-13-19(17,18)4-2/h14,16H,3-13H2,1-2H3. The second kappa shape index (κ2) is 7.63. The highest BCUT2D eigenvalue weighted by molar-refractivity contribution is 7.91. The van der Waals surface area contributed by atoms with Crippen LogP contribution in [0.3, 0.4) is 0 Å². The van der Waals surface area contributed by atoms with E-state index >= 15 is 0 Å². The third kappa shape index (κ3) is 6.26. The molecule has 2 atom stereocenters. The maximum Gasteiger partial charge on any atom is 0.150 e. The third-order valence-corrected chi connectivity index (χ3v) is 6.30. The van der Waals surface area contributed by atoms with Gasteiger partial charge in [-0.2, -0.15) is 0 Å². The van der Waals surface area contributed by atoms with Crippen molar-refractivity contribution in [2.75, 3.05) is 11.5 Å². The lowest BCUT2D eigenvalue weighted by Gasteiger charge is -2.26. The van der Waals surface area contributed by atoms with Crippen LogP contribution in [-0.2, 0) is 9.84 Å². The van der Waals surface area contributed by atoms with E-state index in [4.69, 9.17) is 0 Å². The highest BCUT2D eigenvalue weighted by Gasteiger charge is 2.30. The fourth-order valence-corrected chi connectivity index (χ4v) is 4.05. The average Bonchev–Trinajstić information content (AvgIpc) is 2.53. The molecule has 0 aromatic carbocycles. The summed E-state index contributed by atoms with van der Waals surface area (Å²) >= 11 is 0. The van der Waals surface area contributed by atoms with Gasteiger partial charge in [0.15, 0.2) is 0 Å². The van der Waals surface area contributed by atoms with Crippen molar-refractivity contribution in [3.63, 3.8) is 0 Å². The minimum absolute atomic E-state index is 0.212. The van der Waals surface area contributed by atoms with Crippen molar-refractivity contribution < 1.29 is 13.5 Å². The SMILES string of the molecule is CCCC1CCCC(O)(CCCS(=O)(=O)CC)CC1. The van der Waals surface area contributed by atoms with Crippen LogP contribution in [0.5, 0.6) is 0 Å². The lowest BCUT2D eigenvalue weighted by atomic mass is 9.89. The quantitative estimate of drug-likeness (QED) is 0.732. The van der Waals surface area contributed by atoms with E-state index in [-0.39, 0.29) is 11.5 Å². The Morgan fingerprint density at radius 3 is 2.58 bits per heavy atom. The first kappa shape index (κ1) is 17.0. The largest absolute Gasteiger partial charge is 0.390 e. The molecule has 1 rings (SSSR count). The maximum atomic E-state index is 11.5. The first-order chi connectivity index (χ1) is 8.91. The van der Waals surface area contributed by atoms with Gasteiger partial charge >= 0.3 is 0 Å². The van der Waals surface area contributed by atoms with Gasteiger partial charge in [-0.15, -0.1) is 0 Å². The van der Waals surface area contributed by atoms with Gasteiger partial charge in [-0.3, -0.25) is 0 Å². The van der Waals surface area contributed by atoms with Crippen LogP contribution in [0, 0.1) is 5.92 Å². The summed E-state index contributed by atoms with van der Waals surface area (Å²) in [6.45, 7) is 3.90. The Kier molecular flexibility index (Phi) is 6.81. The molecular formula is C15H30O3S. The molecule has 3 nitrogen and oxygen atoms in total. The van der Waals surface area contributed by atoms with E-state index in [1.165, 1.54) is 19.3 Å². The average molecular weight is 290 g/mol. The van der Waals surface area contributed by atoms with Crippen LogP contribution in [-0.4, -0.2) is 30.6 Å². The summed E-state index contributed by atoms with van der Waals surface area (Å²) < 4.78 is 22.9. The molecule has 1 aliphatic rings. The minimum Gasteiger partial charge on any atom is -0.390 e. The summed E-state index contributed by atoms with van der Waals surface area (Å²) in [6.07, 6.45) is 8.84. The van der Waals surface area contributed by atoms with Crippen LogP contribution in [0.25, 0.3) is 0 Å². The molecule has 0 amide bonds. The first-order valence-electron chi connectivity index (χ1n) is 7.83. The molecule has 2 unspecified atom stereocenters. The summed E-state index contributed by atoms with van der Waals surface area (Å²) in [5.41, 5.74) is -0.605. The Balaban J connectivity index is 2.39. The van der Waals surface area contributed by atoms with Crippen LogP contribution < -0.4 is 0 Å². The minimum atomic E-state index is -2.89. The zero-order valence-electron chi connectivity index (χ0n) is 12.5. The Hall–Kier alpha value is -0.0900. The molecule has 19 heavy (non-hydrogen) atoms. The fraction of sp³-hybridized carbons (Fsp3) is 1.00. The summed E-state index contributed by atoms with van der Waals surface area (Å²) in [7, 11) is -2.89. The molecule has 0 aliphatic heterocycles. The molecule has 1 saturated carbocycles. The number of sulfone groups is 1. The Morgan fingerprint density at radius 2 is 1.95 bits per heavy atom. The summed E-state index contributed by atoms with van der Waals surface area (Å²) in [6, 6.07) is 0. The third-order valence-electron chi connectivity index (χ3n) is 4.51. The van der Waals surface area contributed by atoms with Crippen LogP contribution in [0.2, 0.25) is 0 Å². The van der Waals surface area contributed by atoms with Gasteiger partial charge in [-0.25, -0.2) is 8.42 Å². The molecule has 0 saturated heterocycles. The molecule has 1 fully saturated rings. The van der Waals surface area contributed by atoms with Crippen molar-refractivity contribution in [1.29, 1.82) is 0 Å². The van der Waals surface area contributed by atoms with Crippen LogP contribution in [0.4, 0.5) is 0 Å². The monoisotopic (exact) mass is 290 g/mol. The first-order valence-corrected chi connectivity index (χ1v) is 9.66. The van der Waals surface area contributed by atoms with E-state index in [0.717, 1.165) is 31.6 Å². The zero-order chi connectivity index (χ0) is 14.4. The van der Waals surface area contributed by atoms with Gasteiger partial charge in [0.05, 0.1) is 11.4 Å². The smallest absolute Gasteiger partial charge is 0.150 e. The molecule has 4 heteroatoms. The molecule has 114 valence electrons. The Morgan fingerprint density at radius 1 is 1.21 bits per heavy atom. The number of aliphatic hydroxyl groups is 1. The summed E-state index contributed by atoms with van der Waals surface area (Å²) in [5, 5.41) is 10.6. The number of rotatable bonds is 7. The van der Waals surface area contributed by atoms with E-state index in [2.05, 4.69) is 6.92 Å². The zero-order valence-corrected chi connectivity index (χ0v) is 13.3. The molecule has 1 aliphatic carbocycles. The molecule has 1 N–H and O–H groups in total. The van der Waals surface area contributed by atoms with Gasteiger partial charge < -0.3 is 5.11 Å². The fourth-order valence-electron chi connectivity index (χ4n) is 3.17. The Labute approximate surface area is 118 Å². The van der Waals surface area contributed by atoms with E-state index in [1.807, 2.05) is 0 Å². The lowest BCUT2D eigenvalue weighted by molar-refractivity contribution is 0.0149. The molecule has 0 spiro atoms. The second-order valence-electron chi connectivity index (χ2n) is 6.15. The predicted molar refractivity (Wildman–Crippen MR) is 80.0 cm³/mol. The second-order valence-corrected chi connectivity index (χ2v) is 8.62. The van der Waals surface area contributed by atoms with Crippen molar-refractivity contribution in [3.05, 3.63) is 0 Å². The normalized spacial score (nSPS) is 29.1. The van der Waals surface area contributed by atoms with Gasteiger partial charge in [0.25, 0.3) is 0 Å². The van der Waals surface area contributed by atoms with Gasteiger partial charge in [0.2, 0.25) is 0 Å². The van der Waals surface area contributed by atoms with E-state index in [1.54, 1.807) is 6.92 Å². The molecule has 0 bridgehead atoms. The van der Waals surface area contributed by atoms with Crippen molar-refractivity contribution in [3.8, 4) is 0 Å². The van der Waals surface area contributed by atoms with E-state index in [9.17, 15) is 13.5 Å². The topological polar surface area (TPSA) is 54.4 Å². The van der Waals surface area contributed by atoms with Crippen LogP contribution >= 0.6 is 0 Å². The molecule has 0 heterocycles. The van der Waals surface area contributed by atoms with Crippen LogP contribution in [0.15, 0.2) is 0 Å². The van der Waals surface area contributed by atoms with Crippen LogP contribution in [0.1, 0.15) is 71.6 Å². The summed E-state index contributed by atoms with van der Waals surface area (Å²) in [4.78, 5) is 0. The van der Waals surface area contributed by atoms with Gasteiger partial charge in [0.1, 0.15) is 9.84 Å². The van der Waals surface area contributed by atoms with Crippen molar-refractivity contribution in [2.45, 2.75) is 77.2 Å². The number of hydrogen-bond donors (Lipinski definition) is 1. The highest BCUT2D eigenvalue weighted by Crippen LogP contribution is 2.35. The predicted octanol–water partition coefficient (Wildman–Crippen LogP) is 3.31. The van der Waals surface area contributed by atoms with E-state index < -0.39 is 15.4 Å². The van der Waals surface area contributed by atoms with Crippen molar-refractivity contribution in [2.24, 2.45) is 5.92 Å². The number of hydrogen-bond acceptors (Lipinski definition) is 3. The molecular weight excluding hydrogens is 260 g/mol.